The maximum absolute atomic E-state index is 12.1. The minimum absolute atomic E-state index is 0.298. The molecule has 9 nitrogen and oxygen atoms in total. The Kier molecular flexibility index (Phi) is 4.66. The lowest BCUT2D eigenvalue weighted by molar-refractivity contribution is -0.148. The van der Waals surface area contributed by atoms with Gasteiger partial charge in [0.15, 0.2) is 15.4 Å². The Morgan fingerprint density at radius 2 is 2.00 bits per heavy atom. The number of thioether (sulfide) groups is 1. The van der Waals surface area contributed by atoms with Gasteiger partial charge in [-0.3, -0.25) is 9.59 Å². The lowest BCUT2D eigenvalue weighted by atomic mass is 9.93. The maximum Gasteiger partial charge on any atom is 0.330 e. The third-order valence-electron chi connectivity index (χ3n) is 4.35. The molecule has 1 heterocycles. The van der Waals surface area contributed by atoms with E-state index in [0.29, 0.717) is 12.2 Å². The maximum atomic E-state index is 12.1. The molecular weight excluding hydrogens is 348 g/mol. The van der Waals surface area contributed by atoms with Crippen LogP contribution in [0.2, 0.25) is 0 Å². The second-order valence-corrected chi connectivity index (χ2v) is 8.96. The normalized spacial score (nSPS) is 35.1. The van der Waals surface area contributed by atoms with E-state index in [9.17, 15) is 27.9 Å². The zero-order valence-electron chi connectivity index (χ0n) is 12.3. The monoisotopic (exact) mass is 366 g/mol. The van der Waals surface area contributed by atoms with Crippen molar-refractivity contribution in [3.8, 4) is 0 Å². The summed E-state index contributed by atoms with van der Waals surface area (Å²) in [5.41, 5.74) is 3.55. The molecule has 0 bridgehead atoms. The van der Waals surface area contributed by atoms with Crippen LogP contribution < -0.4 is 11.1 Å². The SMILES string of the molecule is CSCC[C@@H](N)C(=O)N[C@@]1(C(=O)O)CS(=O)(=O)[C@H]2[C@H](C(=O)O)[C@H]21. The summed E-state index contributed by atoms with van der Waals surface area (Å²) in [6, 6.07) is -0.984. The number of amides is 1. The first kappa shape index (κ1) is 18.0. The lowest BCUT2D eigenvalue weighted by Crippen LogP contribution is -2.61. The van der Waals surface area contributed by atoms with Crippen molar-refractivity contribution in [2.75, 3.05) is 17.8 Å². The minimum atomic E-state index is -3.91. The predicted molar refractivity (Wildman–Crippen MR) is 81.7 cm³/mol. The first-order valence-electron chi connectivity index (χ1n) is 6.83. The van der Waals surface area contributed by atoms with E-state index in [2.05, 4.69) is 5.32 Å². The largest absolute Gasteiger partial charge is 0.481 e. The zero-order valence-corrected chi connectivity index (χ0v) is 13.9. The molecule has 1 aliphatic carbocycles. The van der Waals surface area contributed by atoms with Gasteiger partial charge in [-0.1, -0.05) is 0 Å². The highest BCUT2D eigenvalue weighted by Gasteiger charge is 2.79. The fourth-order valence-corrected chi connectivity index (χ4v) is 6.38. The van der Waals surface area contributed by atoms with Crippen LogP contribution >= 0.6 is 11.8 Å². The molecule has 2 aliphatic rings. The van der Waals surface area contributed by atoms with Gasteiger partial charge in [0.1, 0.15) is 0 Å². The number of sulfone groups is 1. The van der Waals surface area contributed by atoms with E-state index in [-0.39, 0.29) is 0 Å². The summed E-state index contributed by atoms with van der Waals surface area (Å²) in [4.78, 5) is 34.9. The number of carboxylic acids is 2. The van der Waals surface area contributed by atoms with Crippen LogP contribution in [0.1, 0.15) is 6.42 Å². The molecule has 5 N–H and O–H groups in total. The molecule has 130 valence electrons. The molecule has 0 aromatic rings. The van der Waals surface area contributed by atoms with Crippen molar-refractivity contribution in [3.05, 3.63) is 0 Å². The molecule has 0 radical (unpaired) electrons. The third-order valence-corrected chi connectivity index (χ3v) is 7.27. The van der Waals surface area contributed by atoms with Crippen molar-refractivity contribution >= 4 is 39.4 Å². The van der Waals surface area contributed by atoms with Gasteiger partial charge in [0.25, 0.3) is 0 Å². The van der Waals surface area contributed by atoms with E-state index in [0.717, 1.165) is 0 Å². The molecule has 1 amide bonds. The van der Waals surface area contributed by atoms with E-state index in [1.807, 2.05) is 6.26 Å². The minimum Gasteiger partial charge on any atom is -0.481 e. The van der Waals surface area contributed by atoms with Crippen LogP contribution in [-0.4, -0.2) is 71.1 Å². The standard InChI is InChI=1S/C12H18N2O7S2/c1-22-3-2-5(13)9(15)14-12(11(18)19)4-23(20,21)8-6(7(8)12)10(16)17/h5-8H,2-4,13H2,1H3,(H,14,15)(H,16,17)(H,18,19)/t5-,6-,7-,8+,12+/m1/s1. The number of rotatable bonds is 7. The summed E-state index contributed by atoms with van der Waals surface area (Å²) in [6.45, 7) is 0. The molecule has 1 saturated heterocycles. The quantitative estimate of drug-likeness (QED) is 0.404. The number of aliphatic carboxylic acids is 2. The van der Waals surface area contributed by atoms with Crippen molar-refractivity contribution in [2.24, 2.45) is 17.6 Å². The molecule has 0 unspecified atom stereocenters. The van der Waals surface area contributed by atoms with Crippen molar-refractivity contribution in [1.82, 2.24) is 5.32 Å². The van der Waals surface area contributed by atoms with Crippen molar-refractivity contribution in [3.63, 3.8) is 0 Å². The molecule has 0 spiro atoms. The Labute approximate surface area is 136 Å². The Morgan fingerprint density at radius 3 is 2.43 bits per heavy atom. The topological polar surface area (TPSA) is 164 Å². The van der Waals surface area contributed by atoms with Gasteiger partial charge in [-0.2, -0.15) is 11.8 Å². The summed E-state index contributed by atoms with van der Waals surface area (Å²) in [6.07, 6.45) is 2.12. The smallest absolute Gasteiger partial charge is 0.330 e. The summed E-state index contributed by atoms with van der Waals surface area (Å²) < 4.78 is 24.1. The van der Waals surface area contributed by atoms with Gasteiger partial charge in [0.05, 0.1) is 23.0 Å². The molecule has 23 heavy (non-hydrogen) atoms. The number of nitrogens with one attached hydrogen (secondary N) is 1. The van der Waals surface area contributed by atoms with Crippen molar-refractivity contribution in [2.45, 2.75) is 23.3 Å². The van der Waals surface area contributed by atoms with Crippen LogP contribution in [-0.2, 0) is 24.2 Å². The third kappa shape index (κ3) is 2.92. The summed E-state index contributed by atoms with van der Waals surface area (Å²) in [7, 11) is -3.91. The molecule has 0 aromatic heterocycles. The molecular formula is C12H18N2O7S2. The molecule has 1 saturated carbocycles. The second kappa shape index (κ2) is 5.95. The molecule has 2 fully saturated rings. The van der Waals surface area contributed by atoms with Crippen LogP contribution in [0.25, 0.3) is 0 Å². The van der Waals surface area contributed by atoms with Gasteiger partial charge in [0.2, 0.25) is 5.91 Å². The molecule has 11 heteroatoms. The zero-order chi connectivity index (χ0) is 17.6. The summed E-state index contributed by atoms with van der Waals surface area (Å²) in [5.74, 6) is -6.43. The van der Waals surface area contributed by atoms with E-state index in [1.165, 1.54) is 11.8 Å². The number of nitrogens with two attached hydrogens (primary N) is 1. The molecule has 0 aromatic carbocycles. The van der Waals surface area contributed by atoms with Crippen molar-refractivity contribution in [1.29, 1.82) is 0 Å². The highest BCUT2D eigenvalue weighted by atomic mass is 32.2. The fourth-order valence-electron chi connectivity index (χ4n) is 3.19. The van der Waals surface area contributed by atoms with E-state index in [1.54, 1.807) is 0 Å². The second-order valence-electron chi connectivity index (χ2n) is 5.82. The average molecular weight is 366 g/mol. The average Bonchev–Trinajstić information content (AvgIpc) is 3.15. The molecule has 5 atom stereocenters. The van der Waals surface area contributed by atoms with E-state index in [4.69, 9.17) is 10.8 Å². The first-order valence-corrected chi connectivity index (χ1v) is 9.93. The van der Waals surface area contributed by atoms with Crippen LogP contribution in [0, 0.1) is 11.8 Å². The van der Waals surface area contributed by atoms with Crippen LogP contribution in [0.4, 0.5) is 0 Å². The number of hydrogen-bond acceptors (Lipinski definition) is 7. The summed E-state index contributed by atoms with van der Waals surface area (Å²) >= 11 is 1.46. The van der Waals surface area contributed by atoms with Gasteiger partial charge in [-0.05, 0) is 18.4 Å². The Bertz CT molecular complexity index is 650. The molecule has 2 rings (SSSR count). The van der Waals surface area contributed by atoms with Gasteiger partial charge in [0, 0.05) is 5.92 Å². The lowest BCUT2D eigenvalue weighted by Gasteiger charge is -2.28. The number of hydrogen-bond donors (Lipinski definition) is 4. The highest BCUT2D eigenvalue weighted by Crippen LogP contribution is 2.57. The Balaban J connectivity index is 2.26. The van der Waals surface area contributed by atoms with Gasteiger partial charge >= 0.3 is 11.9 Å². The predicted octanol–water partition coefficient (Wildman–Crippen LogP) is -1.87. The van der Waals surface area contributed by atoms with Gasteiger partial charge in [-0.25, -0.2) is 13.2 Å². The van der Waals surface area contributed by atoms with Gasteiger partial charge in [-0.15, -0.1) is 0 Å². The highest BCUT2D eigenvalue weighted by molar-refractivity contribution is 7.98. The number of carbonyl (C=O) groups is 3. The van der Waals surface area contributed by atoms with E-state index >= 15 is 0 Å². The molecule has 1 aliphatic heterocycles. The van der Waals surface area contributed by atoms with Crippen LogP contribution in [0.5, 0.6) is 0 Å². The number of carboxylic acid groups (broad SMARTS) is 2. The Morgan fingerprint density at radius 1 is 1.39 bits per heavy atom. The first-order chi connectivity index (χ1) is 10.6. The number of carbonyl (C=O) groups excluding carboxylic acids is 1. The van der Waals surface area contributed by atoms with Crippen molar-refractivity contribution < 1.29 is 33.0 Å². The Hall–Kier alpha value is -1.33. The van der Waals surface area contributed by atoms with Crippen LogP contribution in [0.15, 0.2) is 0 Å². The summed E-state index contributed by atoms with van der Waals surface area (Å²) in [5, 5.41) is 19.5. The van der Waals surface area contributed by atoms with E-state index < -0.39 is 62.1 Å². The number of fused-ring (bicyclic) bond motifs is 1. The van der Waals surface area contributed by atoms with Crippen LogP contribution in [0.3, 0.4) is 0 Å². The fraction of sp³-hybridized carbons (Fsp3) is 0.750. The van der Waals surface area contributed by atoms with Gasteiger partial charge < -0.3 is 21.3 Å².